The second kappa shape index (κ2) is 9.59. The van der Waals surface area contributed by atoms with E-state index >= 15 is 0 Å². The number of aliphatic hydroxyl groups excluding tert-OH is 1. The van der Waals surface area contributed by atoms with Gasteiger partial charge in [-0.1, -0.05) is 48.5 Å². The van der Waals surface area contributed by atoms with Crippen LogP contribution in [0.4, 0.5) is 0 Å². The average Bonchev–Trinajstić information content (AvgIpc) is 2.73. The predicted molar refractivity (Wildman–Crippen MR) is 121 cm³/mol. The van der Waals surface area contributed by atoms with Crippen molar-refractivity contribution in [2.24, 2.45) is 0 Å². The highest BCUT2D eigenvalue weighted by molar-refractivity contribution is 5.89. The number of carbonyl (C=O) groups is 1. The third-order valence-corrected chi connectivity index (χ3v) is 5.14. The molecule has 0 amide bonds. The Morgan fingerprint density at radius 2 is 1.73 bits per heavy atom. The van der Waals surface area contributed by atoms with Crippen LogP contribution in [0, 0.1) is 13.8 Å². The maximum absolute atomic E-state index is 11.7. The number of hydrogen-bond donors (Lipinski definition) is 1. The summed E-state index contributed by atoms with van der Waals surface area (Å²) < 4.78 is 11.0. The number of fused-ring (bicyclic) bond motifs is 1. The van der Waals surface area contributed by atoms with Gasteiger partial charge in [0.15, 0.2) is 0 Å². The van der Waals surface area contributed by atoms with Gasteiger partial charge in [-0.25, -0.2) is 4.79 Å². The van der Waals surface area contributed by atoms with Crippen molar-refractivity contribution < 1.29 is 19.4 Å². The second-order valence-electron chi connectivity index (χ2n) is 7.52. The van der Waals surface area contributed by atoms with Gasteiger partial charge in [-0.2, -0.15) is 0 Å². The number of aliphatic hydroxyl groups is 1. The van der Waals surface area contributed by atoms with E-state index in [1.165, 1.54) is 16.3 Å². The second-order valence-corrected chi connectivity index (χ2v) is 7.52. The van der Waals surface area contributed by atoms with Crippen molar-refractivity contribution in [3.05, 3.63) is 77.4 Å². The molecule has 3 aromatic rings. The normalized spacial score (nSPS) is 10.8. The molecule has 3 aromatic carbocycles. The molecular formula is C26H28O4. The third-order valence-electron chi connectivity index (χ3n) is 5.14. The summed E-state index contributed by atoms with van der Waals surface area (Å²) in [6, 6.07) is 16.9. The van der Waals surface area contributed by atoms with Gasteiger partial charge < -0.3 is 14.6 Å². The Kier molecular flexibility index (Phi) is 6.91. The Hall–Kier alpha value is -3.11. The van der Waals surface area contributed by atoms with E-state index in [1.807, 2.05) is 12.1 Å². The Morgan fingerprint density at radius 1 is 1.00 bits per heavy atom. The molecule has 156 valence electrons. The van der Waals surface area contributed by atoms with Crippen LogP contribution in [0.15, 0.2) is 60.7 Å². The number of hydrogen-bond acceptors (Lipinski definition) is 4. The molecule has 4 heteroatoms. The van der Waals surface area contributed by atoms with Crippen LogP contribution in [0.5, 0.6) is 5.75 Å². The fourth-order valence-electron chi connectivity index (χ4n) is 3.55. The fraction of sp³-hybridized carbons (Fsp3) is 0.269. The van der Waals surface area contributed by atoms with Gasteiger partial charge in [0.25, 0.3) is 0 Å². The van der Waals surface area contributed by atoms with E-state index in [2.05, 4.69) is 56.8 Å². The van der Waals surface area contributed by atoms with Crippen molar-refractivity contribution in [2.45, 2.75) is 27.2 Å². The first-order chi connectivity index (χ1) is 14.4. The molecule has 3 rings (SSSR count). The largest absolute Gasteiger partial charge is 0.491 e. The lowest BCUT2D eigenvalue weighted by molar-refractivity contribution is -0.138. The van der Waals surface area contributed by atoms with Crippen LogP contribution in [-0.4, -0.2) is 30.9 Å². The summed E-state index contributed by atoms with van der Waals surface area (Å²) in [5.74, 6) is 0.305. The summed E-state index contributed by atoms with van der Waals surface area (Å²) in [4.78, 5) is 11.7. The average molecular weight is 405 g/mol. The highest BCUT2D eigenvalue weighted by Crippen LogP contribution is 2.34. The molecule has 0 aliphatic rings. The van der Waals surface area contributed by atoms with Crippen molar-refractivity contribution >= 4 is 16.7 Å². The van der Waals surface area contributed by atoms with Gasteiger partial charge in [0.2, 0.25) is 0 Å². The molecule has 0 aliphatic carbocycles. The summed E-state index contributed by atoms with van der Waals surface area (Å²) in [6.45, 7) is 9.78. The summed E-state index contributed by atoms with van der Waals surface area (Å²) in [5.41, 5.74) is 5.89. The zero-order valence-electron chi connectivity index (χ0n) is 17.8. The van der Waals surface area contributed by atoms with Gasteiger partial charge in [0.1, 0.15) is 12.4 Å². The highest BCUT2D eigenvalue weighted by Gasteiger charge is 2.14. The van der Waals surface area contributed by atoms with Gasteiger partial charge in [-0.15, -0.1) is 0 Å². The highest BCUT2D eigenvalue weighted by atomic mass is 16.5. The van der Waals surface area contributed by atoms with Crippen LogP contribution in [0.3, 0.4) is 0 Å². The number of benzene rings is 3. The molecule has 0 aliphatic heterocycles. The van der Waals surface area contributed by atoms with Gasteiger partial charge in [-0.3, -0.25) is 0 Å². The molecule has 1 N–H and O–H groups in total. The van der Waals surface area contributed by atoms with Crippen molar-refractivity contribution in [3.8, 4) is 16.9 Å². The summed E-state index contributed by atoms with van der Waals surface area (Å²) in [6.07, 6.45) is 0.520. The molecule has 0 fully saturated rings. The van der Waals surface area contributed by atoms with Crippen molar-refractivity contribution in [2.75, 3.05) is 19.8 Å². The molecule has 0 saturated carbocycles. The molecule has 0 saturated heterocycles. The maximum atomic E-state index is 11.7. The molecule has 0 bridgehead atoms. The lowest BCUT2D eigenvalue weighted by Gasteiger charge is -2.17. The Bertz CT molecular complexity index is 1080. The molecule has 4 nitrogen and oxygen atoms in total. The number of carbonyl (C=O) groups excluding carboxylic acids is 1. The topological polar surface area (TPSA) is 55.8 Å². The molecule has 0 radical (unpaired) electrons. The van der Waals surface area contributed by atoms with E-state index in [-0.39, 0.29) is 19.8 Å². The van der Waals surface area contributed by atoms with Crippen molar-refractivity contribution in [3.63, 3.8) is 0 Å². The minimum Gasteiger partial charge on any atom is -0.491 e. The van der Waals surface area contributed by atoms with Crippen LogP contribution in [0.1, 0.15) is 23.6 Å². The number of aryl methyl sites for hydroxylation is 1. The van der Waals surface area contributed by atoms with Gasteiger partial charge >= 0.3 is 5.97 Å². The number of rotatable bonds is 8. The predicted octanol–water partition coefficient (Wildman–Crippen LogP) is 5.16. The van der Waals surface area contributed by atoms with E-state index in [9.17, 15) is 4.79 Å². The minimum absolute atomic E-state index is 0.0605. The molecule has 0 aromatic heterocycles. The van der Waals surface area contributed by atoms with Crippen LogP contribution < -0.4 is 4.74 Å². The third kappa shape index (κ3) is 4.89. The Labute approximate surface area is 177 Å². The fourth-order valence-corrected chi connectivity index (χ4v) is 3.55. The molecule has 0 heterocycles. The van der Waals surface area contributed by atoms with Gasteiger partial charge in [0, 0.05) is 17.6 Å². The first-order valence-electron chi connectivity index (χ1n) is 10.1. The zero-order chi connectivity index (χ0) is 21.7. The minimum atomic E-state index is -0.397. The van der Waals surface area contributed by atoms with E-state index < -0.39 is 5.97 Å². The summed E-state index contributed by atoms with van der Waals surface area (Å²) >= 11 is 0. The van der Waals surface area contributed by atoms with E-state index in [4.69, 9.17) is 14.6 Å². The number of ether oxygens (including phenoxy) is 2. The first kappa shape index (κ1) is 21.6. The summed E-state index contributed by atoms with van der Waals surface area (Å²) in [7, 11) is 0. The summed E-state index contributed by atoms with van der Waals surface area (Å²) in [5, 5.41) is 11.6. The quantitative estimate of drug-likeness (QED) is 0.416. The van der Waals surface area contributed by atoms with Crippen LogP contribution in [-0.2, 0) is 16.0 Å². The zero-order valence-corrected chi connectivity index (χ0v) is 17.8. The molecule has 30 heavy (non-hydrogen) atoms. The lowest BCUT2D eigenvalue weighted by Crippen LogP contribution is -2.11. The first-order valence-corrected chi connectivity index (χ1v) is 10.1. The SMILES string of the molecule is C=C(C)C(=O)OCCc1c(OCCO)ccc(-c2ccc3cc(C)ccc3c2)c1C. The van der Waals surface area contributed by atoms with E-state index in [0.717, 1.165) is 22.3 Å². The van der Waals surface area contributed by atoms with Crippen molar-refractivity contribution in [1.29, 1.82) is 0 Å². The molecule has 0 spiro atoms. The molecule has 0 unspecified atom stereocenters. The van der Waals surface area contributed by atoms with E-state index in [0.29, 0.717) is 17.7 Å². The maximum Gasteiger partial charge on any atom is 0.333 e. The molecular weight excluding hydrogens is 376 g/mol. The Balaban J connectivity index is 1.96. The standard InChI is InChI=1S/C26H28O4/c1-17(2)26(28)30-13-11-24-19(4)23(9-10-25(24)29-14-12-27)22-8-7-20-15-18(3)5-6-21(20)16-22/h5-10,15-16,27H,1,11-14H2,2-4H3. The van der Waals surface area contributed by atoms with Gasteiger partial charge in [-0.05, 0) is 60.4 Å². The van der Waals surface area contributed by atoms with Crippen LogP contribution in [0.2, 0.25) is 0 Å². The van der Waals surface area contributed by atoms with Crippen LogP contribution in [0.25, 0.3) is 21.9 Å². The van der Waals surface area contributed by atoms with Crippen molar-refractivity contribution in [1.82, 2.24) is 0 Å². The monoisotopic (exact) mass is 404 g/mol. The smallest absolute Gasteiger partial charge is 0.333 e. The molecule has 0 atom stereocenters. The van der Waals surface area contributed by atoms with Gasteiger partial charge in [0.05, 0.1) is 13.2 Å². The Morgan fingerprint density at radius 3 is 2.47 bits per heavy atom. The van der Waals surface area contributed by atoms with Crippen LogP contribution >= 0.6 is 0 Å². The lowest BCUT2D eigenvalue weighted by atomic mass is 9.93. The number of esters is 1. The van der Waals surface area contributed by atoms with E-state index in [1.54, 1.807) is 6.92 Å².